The van der Waals surface area contributed by atoms with E-state index in [9.17, 15) is 9.59 Å². The summed E-state index contributed by atoms with van der Waals surface area (Å²) < 4.78 is 11.4. The summed E-state index contributed by atoms with van der Waals surface area (Å²) in [6.45, 7) is 3.50. The first-order chi connectivity index (χ1) is 15.7. The number of benzene rings is 1. The van der Waals surface area contributed by atoms with Gasteiger partial charge in [-0.25, -0.2) is 4.98 Å². The quantitative estimate of drug-likeness (QED) is 0.632. The fourth-order valence-corrected chi connectivity index (χ4v) is 4.16. The summed E-state index contributed by atoms with van der Waals surface area (Å²) in [5, 5.41) is 0.813. The number of carbonyl (C=O) groups is 2. The van der Waals surface area contributed by atoms with Gasteiger partial charge in [-0.15, -0.1) is 0 Å². The van der Waals surface area contributed by atoms with Crippen LogP contribution in [0.15, 0.2) is 54.9 Å². The van der Waals surface area contributed by atoms with Gasteiger partial charge < -0.3 is 19.3 Å². The molecule has 4 heterocycles. The Hall–Kier alpha value is -3.36. The molecule has 8 nitrogen and oxygen atoms in total. The van der Waals surface area contributed by atoms with Gasteiger partial charge in [-0.05, 0) is 24.3 Å². The molecule has 8 heteroatoms. The Kier molecular flexibility index (Phi) is 5.79. The SMILES string of the molecule is O=C(c1ccncc1)N1CCOC(c2cc(C(=O)N3CCOCC3)c3ccccc3n2)C1. The number of pyridine rings is 2. The van der Waals surface area contributed by atoms with Crippen molar-refractivity contribution in [1.82, 2.24) is 19.8 Å². The van der Waals surface area contributed by atoms with Crippen LogP contribution in [0.4, 0.5) is 0 Å². The molecule has 2 fully saturated rings. The number of carbonyl (C=O) groups excluding carboxylic acids is 2. The first kappa shape index (κ1) is 20.5. The van der Waals surface area contributed by atoms with E-state index in [0.717, 1.165) is 10.9 Å². The van der Waals surface area contributed by atoms with Crippen LogP contribution in [-0.4, -0.2) is 77.6 Å². The van der Waals surface area contributed by atoms with Crippen LogP contribution in [0.3, 0.4) is 0 Å². The number of amides is 2. The van der Waals surface area contributed by atoms with Crippen LogP contribution in [0.25, 0.3) is 10.9 Å². The summed E-state index contributed by atoms with van der Waals surface area (Å²) >= 11 is 0. The smallest absolute Gasteiger partial charge is 0.254 e. The fourth-order valence-electron chi connectivity index (χ4n) is 4.16. The normalized spacial score (nSPS) is 19.2. The molecule has 164 valence electrons. The molecule has 1 unspecified atom stereocenters. The minimum atomic E-state index is -0.407. The van der Waals surface area contributed by atoms with E-state index in [0.29, 0.717) is 62.8 Å². The van der Waals surface area contributed by atoms with Gasteiger partial charge in [-0.3, -0.25) is 14.6 Å². The van der Waals surface area contributed by atoms with Crippen molar-refractivity contribution in [3.05, 3.63) is 71.7 Å². The summed E-state index contributed by atoms with van der Waals surface area (Å²) in [7, 11) is 0. The van der Waals surface area contributed by atoms with Crippen molar-refractivity contribution in [3.8, 4) is 0 Å². The van der Waals surface area contributed by atoms with Gasteiger partial charge in [-0.2, -0.15) is 0 Å². The van der Waals surface area contributed by atoms with E-state index in [-0.39, 0.29) is 11.8 Å². The molecule has 0 bridgehead atoms. The molecule has 0 saturated carbocycles. The number of hydrogen-bond donors (Lipinski definition) is 0. The highest BCUT2D eigenvalue weighted by Crippen LogP contribution is 2.27. The average molecular weight is 432 g/mol. The maximum atomic E-state index is 13.3. The largest absolute Gasteiger partial charge is 0.378 e. The number of aromatic nitrogens is 2. The van der Waals surface area contributed by atoms with Gasteiger partial charge in [-0.1, -0.05) is 18.2 Å². The molecule has 0 spiro atoms. The molecule has 2 saturated heterocycles. The summed E-state index contributed by atoms with van der Waals surface area (Å²) in [4.78, 5) is 38.6. The van der Waals surface area contributed by atoms with Crippen LogP contribution in [0.2, 0.25) is 0 Å². The second-order valence-corrected chi connectivity index (χ2v) is 7.86. The third kappa shape index (κ3) is 4.06. The standard InChI is InChI=1S/C24H24N4O4/c29-23(17-5-7-25-8-6-17)28-11-14-32-22(16-28)21-15-19(18-3-1-2-4-20(18)26-21)24(30)27-9-12-31-13-10-27/h1-8,15,22H,9-14,16H2. The van der Waals surface area contributed by atoms with E-state index in [4.69, 9.17) is 14.5 Å². The highest BCUT2D eigenvalue weighted by Gasteiger charge is 2.29. The van der Waals surface area contributed by atoms with Crippen LogP contribution in [-0.2, 0) is 9.47 Å². The van der Waals surface area contributed by atoms with Crippen molar-refractivity contribution in [3.63, 3.8) is 0 Å². The Morgan fingerprint density at radius 1 is 0.906 bits per heavy atom. The van der Waals surface area contributed by atoms with Crippen molar-refractivity contribution < 1.29 is 19.1 Å². The third-order valence-electron chi connectivity index (χ3n) is 5.88. The van der Waals surface area contributed by atoms with Crippen molar-refractivity contribution in [2.24, 2.45) is 0 Å². The van der Waals surface area contributed by atoms with E-state index >= 15 is 0 Å². The molecule has 3 aromatic rings. The average Bonchev–Trinajstić information content (AvgIpc) is 2.88. The van der Waals surface area contributed by atoms with Gasteiger partial charge in [0.05, 0.1) is 43.1 Å². The summed E-state index contributed by atoms with van der Waals surface area (Å²) in [5.74, 6) is -0.0974. The summed E-state index contributed by atoms with van der Waals surface area (Å²) in [6.07, 6.45) is 2.81. The number of rotatable bonds is 3. The van der Waals surface area contributed by atoms with E-state index in [1.165, 1.54) is 0 Å². The highest BCUT2D eigenvalue weighted by molar-refractivity contribution is 6.06. The lowest BCUT2D eigenvalue weighted by atomic mass is 10.0. The van der Waals surface area contributed by atoms with Crippen LogP contribution in [0, 0.1) is 0 Å². The van der Waals surface area contributed by atoms with Gasteiger partial charge >= 0.3 is 0 Å². The highest BCUT2D eigenvalue weighted by atomic mass is 16.5. The summed E-state index contributed by atoms with van der Waals surface area (Å²) in [6, 6.07) is 12.9. The zero-order valence-corrected chi connectivity index (χ0v) is 17.6. The lowest BCUT2D eigenvalue weighted by molar-refractivity contribution is -0.0246. The minimum Gasteiger partial charge on any atom is -0.378 e. The maximum absolute atomic E-state index is 13.3. The zero-order chi connectivity index (χ0) is 21.9. The first-order valence-corrected chi connectivity index (χ1v) is 10.8. The van der Waals surface area contributed by atoms with Crippen LogP contribution in [0.1, 0.15) is 32.5 Å². The van der Waals surface area contributed by atoms with Gasteiger partial charge in [0.1, 0.15) is 6.10 Å². The van der Waals surface area contributed by atoms with Gasteiger partial charge in [0.25, 0.3) is 11.8 Å². The molecule has 2 amide bonds. The molecule has 2 aromatic heterocycles. The topological polar surface area (TPSA) is 84.9 Å². The predicted octanol–water partition coefficient (Wildman–Crippen LogP) is 2.32. The number of fused-ring (bicyclic) bond motifs is 1. The fraction of sp³-hybridized carbons (Fsp3) is 0.333. The molecule has 1 atom stereocenters. The molecular formula is C24H24N4O4. The molecular weight excluding hydrogens is 408 g/mol. The molecule has 2 aliphatic heterocycles. The molecule has 1 aromatic carbocycles. The molecule has 0 aliphatic carbocycles. The predicted molar refractivity (Wildman–Crippen MR) is 117 cm³/mol. The van der Waals surface area contributed by atoms with E-state index < -0.39 is 6.10 Å². The van der Waals surface area contributed by atoms with Crippen molar-refractivity contribution in [1.29, 1.82) is 0 Å². The maximum Gasteiger partial charge on any atom is 0.254 e. The third-order valence-corrected chi connectivity index (χ3v) is 5.88. The van der Waals surface area contributed by atoms with Crippen LogP contribution >= 0.6 is 0 Å². The minimum absolute atomic E-state index is 0.0336. The number of para-hydroxylation sites is 1. The van der Waals surface area contributed by atoms with E-state index in [2.05, 4.69) is 4.98 Å². The Morgan fingerprint density at radius 2 is 1.66 bits per heavy atom. The number of morpholine rings is 2. The van der Waals surface area contributed by atoms with E-state index in [1.807, 2.05) is 35.2 Å². The molecule has 0 radical (unpaired) electrons. The van der Waals surface area contributed by atoms with Crippen LogP contribution in [0.5, 0.6) is 0 Å². The van der Waals surface area contributed by atoms with Crippen molar-refractivity contribution in [2.75, 3.05) is 46.0 Å². The monoisotopic (exact) mass is 432 g/mol. The van der Waals surface area contributed by atoms with Gasteiger partial charge in [0.15, 0.2) is 0 Å². The molecule has 0 N–H and O–H groups in total. The first-order valence-electron chi connectivity index (χ1n) is 10.8. The summed E-state index contributed by atoms with van der Waals surface area (Å²) in [5.41, 5.74) is 2.60. The molecule has 2 aliphatic rings. The molecule has 5 rings (SSSR count). The molecule has 32 heavy (non-hydrogen) atoms. The number of ether oxygens (including phenoxy) is 2. The number of hydrogen-bond acceptors (Lipinski definition) is 6. The Balaban J connectivity index is 1.46. The van der Waals surface area contributed by atoms with Crippen molar-refractivity contribution in [2.45, 2.75) is 6.10 Å². The van der Waals surface area contributed by atoms with Crippen LogP contribution < -0.4 is 0 Å². The Bertz CT molecular complexity index is 1130. The Labute approximate surface area is 185 Å². The second kappa shape index (κ2) is 9.02. The lowest BCUT2D eigenvalue weighted by Gasteiger charge is -2.33. The van der Waals surface area contributed by atoms with Crippen molar-refractivity contribution >= 4 is 22.7 Å². The Morgan fingerprint density at radius 3 is 2.47 bits per heavy atom. The zero-order valence-electron chi connectivity index (χ0n) is 17.6. The van der Waals surface area contributed by atoms with Gasteiger partial charge in [0.2, 0.25) is 0 Å². The second-order valence-electron chi connectivity index (χ2n) is 7.86. The number of nitrogens with zero attached hydrogens (tertiary/aromatic N) is 4. The van der Waals surface area contributed by atoms with E-state index in [1.54, 1.807) is 29.4 Å². The van der Waals surface area contributed by atoms with Gasteiger partial charge in [0, 0.05) is 43.0 Å². The lowest BCUT2D eigenvalue weighted by Crippen LogP contribution is -2.42.